The molecule has 2 rings (SSSR count). The predicted octanol–water partition coefficient (Wildman–Crippen LogP) is 2.42. The second-order valence-corrected chi connectivity index (χ2v) is 5.49. The second-order valence-electron chi connectivity index (χ2n) is 2.58. The van der Waals surface area contributed by atoms with Crippen molar-refractivity contribution in [3.05, 3.63) is 23.0 Å². The molecule has 0 unspecified atom stereocenters. The molecule has 0 aliphatic rings. The molecule has 1 heterocycles. The van der Waals surface area contributed by atoms with Gasteiger partial charge in [0, 0.05) is 10.7 Å². The highest BCUT2D eigenvalue weighted by atomic mass is 35.7. The number of halogens is 1. The summed E-state index contributed by atoms with van der Waals surface area (Å²) < 4.78 is 27.3. The molecule has 0 radical (unpaired) electrons. The average Bonchev–Trinajstić information content (AvgIpc) is 2.41. The minimum absolute atomic E-state index is 0.0310. The number of H-pyrrole nitrogens is 1. The molecular formula is C7H4ClNO3S2. The van der Waals surface area contributed by atoms with Gasteiger partial charge in [-0.1, -0.05) is 6.07 Å². The van der Waals surface area contributed by atoms with Gasteiger partial charge in [0.2, 0.25) is 0 Å². The molecule has 4 nitrogen and oxygen atoms in total. The van der Waals surface area contributed by atoms with Crippen molar-refractivity contribution >= 4 is 43.1 Å². The van der Waals surface area contributed by atoms with Gasteiger partial charge in [-0.05, 0) is 24.4 Å². The van der Waals surface area contributed by atoms with Gasteiger partial charge in [-0.3, -0.25) is 0 Å². The molecule has 0 spiro atoms. The van der Waals surface area contributed by atoms with Crippen LogP contribution in [0.4, 0.5) is 0 Å². The average molecular weight is 250 g/mol. The highest BCUT2D eigenvalue weighted by Gasteiger charge is 2.15. The third-order valence-electron chi connectivity index (χ3n) is 1.68. The molecule has 1 aromatic heterocycles. The summed E-state index contributed by atoms with van der Waals surface area (Å²) in [4.78, 5) is 2.71. The van der Waals surface area contributed by atoms with Gasteiger partial charge >= 0.3 is 0 Å². The first-order chi connectivity index (χ1) is 6.48. The van der Waals surface area contributed by atoms with Gasteiger partial charge < -0.3 is 9.40 Å². The summed E-state index contributed by atoms with van der Waals surface area (Å²) in [6, 6.07) is 4.52. The number of aromatic amines is 1. The van der Waals surface area contributed by atoms with E-state index < -0.39 is 9.05 Å². The smallest absolute Gasteiger partial charge is 0.266 e. The molecule has 0 aliphatic heterocycles. The first kappa shape index (κ1) is 9.70. The monoisotopic (exact) mass is 249 g/mol. The number of hydrogen-bond acceptors (Lipinski definition) is 4. The van der Waals surface area contributed by atoms with Crippen LogP contribution in [0.5, 0.6) is 0 Å². The van der Waals surface area contributed by atoms with Crippen molar-refractivity contribution in [2.24, 2.45) is 0 Å². The lowest BCUT2D eigenvalue weighted by Gasteiger charge is -1.95. The van der Waals surface area contributed by atoms with Crippen LogP contribution < -0.4 is 0 Å². The molecule has 2 aromatic rings. The Morgan fingerprint density at radius 1 is 1.43 bits per heavy atom. The molecule has 0 amide bonds. The first-order valence-electron chi connectivity index (χ1n) is 3.55. The van der Waals surface area contributed by atoms with Gasteiger partial charge in [0.05, 0.1) is 0 Å². The van der Waals surface area contributed by atoms with Crippen molar-refractivity contribution in [2.75, 3.05) is 0 Å². The van der Waals surface area contributed by atoms with E-state index in [9.17, 15) is 8.42 Å². The van der Waals surface area contributed by atoms with E-state index in [-0.39, 0.29) is 9.73 Å². The Balaban J connectivity index is 2.98. The number of aromatic nitrogens is 1. The zero-order chi connectivity index (χ0) is 10.3. The van der Waals surface area contributed by atoms with Crippen LogP contribution in [0, 0.1) is 4.84 Å². The van der Waals surface area contributed by atoms with E-state index in [0.717, 1.165) is 0 Å². The third kappa shape index (κ3) is 1.56. The maximum absolute atomic E-state index is 11.1. The van der Waals surface area contributed by atoms with Gasteiger partial charge in [-0.15, -0.1) is 0 Å². The zero-order valence-electron chi connectivity index (χ0n) is 6.65. The lowest BCUT2D eigenvalue weighted by atomic mass is 10.3. The SMILES string of the molecule is O=S(=O)(Cl)c1cccc2oc(=S)[nH]c12. The summed E-state index contributed by atoms with van der Waals surface area (Å²) >= 11 is 4.74. The van der Waals surface area contributed by atoms with Crippen molar-refractivity contribution in [3.8, 4) is 0 Å². The van der Waals surface area contributed by atoms with Crippen molar-refractivity contribution in [1.29, 1.82) is 0 Å². The van der Waals surface area contributed by atoms with E-state index >= 15 is 0 Å². The van der Waals surface area contributed by atoms with Crippen molar-refractivity contribution < 1.29 is 12.8 Å². The van der Waals surface area contributed by atoms with E-state index in [1.54, 1.807) is 6.07 Å². The van der Waals surface area contributed by atoms with Gasteiger partial charge in [0.1, 0.15) is 10.4 Å². The summed E-state index contributed by atoms with van der Waals surface area (Å²) in [6.45, 7) is 0. The number of benzene rings is 1. The quantitative estimate of drug-likeness (QED) is 0.623. The van der Waals surface area contributed by atoms with Crippen LogP contribution in [0.15, 0.2) is 27.5 Å². The van der Waals surface area contributed by atoms with Gasteiger partial charge in [-0.2, -0.15) is 0 Å². The molecule has 7 heteroatoms. The number of oxazole rings is 1. The molecule has 0 bridgehead atoms. The van der Waals surface area contributed by atoms with E-state index in [1.165, 1.54) is 12.1 Å². The van der Waals surface area contributed by atoms with Crippen molar-refractivity contribution in [2.45, 2.75) is 4.90 Å². The van der Waals surface area contributed by atoms with Crippen LogP contribution in [0.3, 0.4) is 0 Å². The van der Waals surface area contributed by atoms with Crippen LogP contribution in [0.1, 0.15) is 0 Å². The molecule has 0 fully saturated rings. The van der Waals surface area contributed by atoms with Crippen LogP contribution in [0.2, 0.25) is 0 Å². The second kappa shape index (κ2) is 3.08. The number of fused-ring (bicyclic) bond motifs is 1. The minimum Gasteiger partial charge on any atom is -0.429 e. The minimum atomic E-state index is -3.78. The van der Waals surface area contributed by atoms with E-state index in [2.05, 4.69) is 4.98 Å². The van der Waals surface area contributed by atoms with Crippen molar-refractivity contribution in [3.63, 3.8) is 0 Å². The number of nitrogens with one attached hydrogen (secondary N) is 1. The summed E-state index contributed by atoms with van der Waals surface area (Å²) in [6.07, 6.45) is 0. The number of hydrogen-bond donors (Lipinski definition) is 1. The molecule has 0 aliphatic carbocycles. The van der Waals surface area contributed by atoms with Gasteiger partial charge in [-0.25, -0.2) is 8.42 Å². The molecule has 0 atom stereocenters. The van der Waals surface area contributed by atoms with Gasteiger partial charge in [0.25, 0.3) is 13.9 Å². The Morgan fingerprint density at radius 3 is 2.79 bits per heavy atom. The lowest BCUT2D eigenvalue weighted by molar-refractivity contribution is 0.583. The molecule has 14 heavy (non-hydrogen) atoms. The fourth-order valence-electron chi connectivity index (χ4n) is 1.15. The third-order valence-corrected chi connectivity index (χ3v) is 3.23. The molecule has 74 valence electrons. The van der Waals surface area contributed by atoms with Crippen LogP contribution in [-0.2, 0) is 9.05 Å². The largest absolute Gasteiger partial charge is 0.429 e. The number of rotatable bonds is 1. The number of para-hydroxylation sites is 1. The van der Waals surface area contributed by atoms with Crippen LogP contribution in [-0.4, -0.2) is 13.4 Å². The Kier molecular flexibility index (Phi) is 2.13. The topological polar surface area (TPSA) is 63.1 Å². The molecule has 1 N–H and O–H groups in total. The summed E-state index contributed by atoms with van der Waals surface area (Å²) in [5.74, 6) is 0. The normalized spacial score (nSPS) is 12.1. The molecule has 1 aromatic carbocycles. The fraction of sp³-hybridized carbons (Fsp3) is 0. The fourth-order valence-corrected chi connectivity index (χ4v) is 2.36. The van der Waals surface area contributed by atoms with Crippen molar-refractivity contribution in [1.82, 2.24) is 4.98 Å². The summed E-state index contributed by atoms with van der Waals surface area (Å²) in [5.41, 5.74) is 0.671. The summed E-state index contributed by atoms with van der Waals surface area (Å²) in [5, 5.41) is 0. The maximum Gasteiger partial charge on any atom is 0.266 e. The first-order valence-corrected chi connectivity index (χ1v) is 6.27. The Bertz CT molecular complexity index is 640. The van der Waals surface area contributed by atoms with E-state index in [0.29, 0.717) is 11.1 Å². The maximum atomic E-state index is 11.1. The van der Waals surface area contributed by atoms with Crippen LogP contribution >= 0.6 is 22.9 Å². The predicted molar refractivity (Wildman–Crippen MR) is 54.4 cm³/mol. The van der Waals surface area contributed by atoms with E-state index in [4.69, 9.17) is 27.3 Å². The lowest BCUT2D eigenvalue weighted by Crippen LogP contribution is -1.91. The highest BCUT2D eigenvalue weighted by molar-refractivity contribution is 8.14. The zero-order valence-corrected chi connectivity index (χ0v) is 9.04. The Labute approximate surface area is 88.9 Å². The Hall–Kier alpha value is -0.850. The highest BCUT2D eigenvalue weighted by Crippen LogP contribution is 2.24. The van der Waals surface area contributed by atoms with E-state index in [1.807, 2.05) is 0 Å². The molecule has 0 saturated heterocycles. The molecule has 0 saturated carbocycles. The van der Waals surface area contributed by atoms with Crippen LogP contribution in [0.25, 0.3) is 11.1 Å². The molecular weight excluding hydrogens is 246 g/mol. The summed E-state index contributed by atoms with van der Waals surface area (Å²) in [7, 11) is 1.44. The Morgan fingerprint density at radius 2 is 2.14 bits per heavy atom. The standard InChI is InChI=1S/C7H4ClNO3S2/c8-14(10,11)5-3-1-2-4-6(5)9-7(13)12-4/h1-3H,(H,9,13). The van der Waals surface area contributed by atoms with Gasteiger partial charge in [0.15, 0.2) is 5.58 Å².